The molecule has 2 N–H and O–H groups in total. The largest absolute Gasteiger partial charge is 0.493 e. The highest BCUT2D eigenvalue weighted by Crippen LogP contribution is 2.39. The highest BCUT2D eigenvalue weighted by molar-refractivity contribution is 14.0. The summed E-state index contributed by atoms with van der Waals surface area (Å²) in [6, 6.07) is 3.84. The minimum atomic E-state index is 0. The molecule has 142 valence electrons. The third-order valence-corrected chi connectivity index (χ3v) is 5.37. The zero-order valence-electron chi connectivity index (χ0n) is 15.3. The number of rotatable bonds is 7. The van der Waals surface area contributed by atoms with Crippen LogP contribution in [0.25, 0.3) is 0 Å². The molecule has 0 bridgehead atoms. The molecule has 0 radical (unpaired) electrons. The number of hydrogen-bond donors (Lipinski definition) is 2. The monoisotopic (exact) mass is 481 g/mol. The van der Waals surface area contributed by atoms with E-state index in [9.17, 15) is 0 Å². The van der Waals surface area contributed by atoms with Gasteiger partial charge < -0.3 is 24.8 Å². The summed E-state index contributed by atoms with van der Waals surface area (Å²) in [5.74, 6) is 3.98. The summed E-state index contributed by atoms with van der Waals surface area (Å²) in [6.07, 6.45) is 2.59. The van der Waals surface area contributed by atoms with Gasteiger partial charge in [0.25, 0.3) is 0 Å². The SMILES string of the molecule is CN=C(NCc1ccc(OC)c(OC)c1OC)NCC1CCCS1.I. The van der Waals surface area contributed by atoms with E-state index in [2.05, 4.69) is 15.6 Å². The molecule has 0 aliphatic carbocycles. The van der Waals surface area contributed by atoms with Crippen LogP contribution in [0.15, 0.2) is 17.1 Å². The summed E-state index contributed by atoms with van der Waals surface area (Å²) in [7, 11) is 6.63. The van der Waals surface area contributed by atoms with E-state index in [1.54, 1.807) is 28.4 Å². The van der Waals surface area contributed by atoms with Crippen LogP contribution in [0.3, 0.4) is 0 Å². The van der Waals surface area contributed by atoms with Gasteiger partial charge in [-0.25, -0.2) is 0 Å². The molecule has 0 amide bonds. The maximum Gasteiger partial charge on any atom is 0.203 e. The summed E-state index contributed by atoms with van der Waals surface area (Å²) in [5.41, 5.74) is 0.980. The van der Waals surface area contributed by atoms with Crippen molar-refractivity contribution < 1.29 is 14.2 Å². The van der Waals surface area contributed by atoms with Crippen molar-refractivity contribution in [2.24, 2.45) is 4.99 Å². The fraction of sp³-hybridized carbons (Fsp3) is 0.588. The van der Waals surface area contributed by atoms with Crippen LogP contribution in [0.2, 0.25) is 0 Å². The van der Waals surface area contributed by atoms with Crippen LogP contribution in [0, 0.1) is 0 Å². The number of nitrogens with zero attached hydrogens (tertiary/aromatic N) is 1. The average Bonchev–Trinajstić information content (AvgIpc) is 3.14. The maximum absolute atomic E-state index is 5.51. The van der Waals surface area contributed by atoms with Crippen LogP contribution in [0.4, 0.5) is 0 Å². The smallest absolute Gasteiger partial charge is 0.203 e. The first-order valence-electron chi connectivity index (χ1n) is 8.07. The van der Waals surface area contributed by atoms with Crippen molar-refractivity contribution >= 4 is 41.7 Å². The summed E-state index contributed by atoms with van der Waals surface area (Å²) < 4.78 is 16.2. The molecule has 1 aromatic rings. The van der Waals surface area contributed by atoms with Crippen LogP contribution >= 0.6 is 35.7 Å². The van der Waals surface area contributed by atoms with E-state index in [0.717, 1.165) is 18.1 Å². The molecule has 1 aliphatic heterocycles. The highest BCUT2D eigenvalue weighted by Gasteiger charge is 2.17. The fourth-order valence-corrected chi connectivity index (χ4v) is 3.92. The van der Waals surface area contributed by atoms with Gasteiger partial charge in [0, 0.05) is 31.0 Å². The Morgan fingerprint density at radius 1 is 1.16 bits per heavy atom. The normalized spacial score (nSPS) is 16.8. The molecule has 25 heavy (non-hydrogen) atoms. The van der Waals surface area contributed by atoms with E-state index in [1.807, 2.05) is 23.9 Å². The van der Waals surface area contributed by atoms with Gasteiger partial charge in [-0.3, -0.25) is 4.99 Å². The zero-order valence-corrected chi connectivity index (χ0v) is 18.4. The predicted octanol–water partition coefficient (Wildman–Crippen LogP) is 2.89. The maximum atomic E-state index is 5.51. The molecule has 0 saturated carbocycles. The van der Waals surface area contributed by atoms with Crippen LogP contribution < -0.4 is 24.8 Å². The van der Waals surface area contributed by atoms with Crippen LogP contribution in [-0.4, -0.2) is 51.9 Å². The van der Waals surface area contributed by atoms with Gasteiger partial charge in [-0.2, -0.15) is 11.8 Å². The topological polar surface area (TPSA) is 64.1 Å². The molecule has 0 aromatic heterocycles. The summed E-state index contributed by atoms with van der Waals surface area (Å²) in [5, 5.41) is 7.40. The lowest BCUT2D eigenvalue weighted by atomic mass is 10.1. The molecule has 1 aromatic carbocycles. The number of halogens is 1. The number of guanidine groups is 1. The van der Waals surface area contributed by atoms with Crippen molar-refractivity contribution in [2.75, 3.05) is 40.7 Å². The quantitative estimate of drug-likeness (QED) is 0.355. The average molecular weight is 481 g/mol. The molecule has 1 fully saturated rings. The summed E-state index contributed by atoms with van der Waals surface area (Å²) in [6.45, 7) is 1.52. The first kappa shape index (κ1) is 22.0. The Labute approximate surface area is 171 Å². The fourth-order valence-electron chi connectivity index (χ4n) is 2.72. The third kappa shape index (κ3) is 6.02. The van der Waals surface area contributed by atoms with E-state index in [-0.39, 0.29) is 24.0 Å². The van der Waals surface area contributed by atoms with Crippen molar-refractivity contribution in [1.29, 1.82) is 0 Å². The molecule has 6 nitrogen and oxygen atoms in total. The lowest BCUT2D eigenvalue weighted by Crippen LogP contribution is -2.39. The van der Waals surface area contributed by atoms with Gasteiger partial charge >= 0.3 is 0 Å². The molecular formula is C17H28IN3O3S. The Morgan fingerprint density at radius 3 is 2.48 bits per heavy atom. The Balaban J connectivity index is 0.00000312. The number of hydrogen-bond acceptors (Lipinski definition) is 5. The first-order valence-corrected chi connectivity index (χ1v) is 9.12. The van der Waals surface area contributed by atoms with Crippen LogP contribution in [0.5, 0.6) is 17.2 Å². The molecule has 1 aliphatic rings. The van der Waals surface area contributed by atoms with Gasteiger partial charge in [0.15, 0.2) is 17.5 Å². The van der Waals surface area contributed by atoms with Crippen molar-refractivity contribution in [1.82, 2.24) is 10.6 Å². The van der Waals surface area contributed by atoms with Crippen molar-refractivity contribution in [3.63, 3.8) is 0 Å². The second-order valence-electron chi connectivity index (χ2n) is 5.44. The van der Waals surface area contributed by atoms with Gasteiger partial charge in [-0.1, -0.05) is 0 Å². The van der Waals surface area contributed by atoms with Crippen LogP contribution in [-0.2, 0) is 6.54 Å². The van der Waals surface area contributed by atoms with Gasteiger partial charge in [-0.15, -0.1) is 24.0 Å². The molecule has 2 rings (SSSR count). The van der Waals surface area contributed by atoms with E-state index in [4.69, 9.17) is 14.2 Å². The van der Waals surface area contributed by atoms with E-state index in [0.29, 0.717) is 29.0 Å². The molecular weight excluding hydrogens is 453 g/mol. The first-order chi connectivity index (χ1) is 11.7. The number of thioether (sulfide) groups is 1. The molecule has 1 atom stereocenters. The van der Waals surface area contributed by atoms with Crippen molar-refractivity contribution in [3.8, 4) is 17.2 Å². The Morgan fingerprint density at radius 2 is 1.92 bits per heavy atom. The van der Waals surface area contributed by atoms with Gasteiger partial charge in [0.05, 0.1) is 21.3 Å². The third-order valence-electron chi connectivity index (χ3n) is 3.98. The second kappa shape index (κ2) is 11.6. The van der Waals surface area contributed by atoms with Gasteiger partial charge in [0.1, 0.15) is 0 Å². The van der Waals surface area contributed by atoms with Crippen LogP contribution in [0.1, 0.15) is 18.4 Å². The van der Waals surface area contributed by atoms with Gasteiger partial charge in [-0.05, 0) is 30.7 Å². The summed E-state index contributed by atoms with van der Waals surface area (Å²) >= 11 is 2.03. The van der Waals surface area contributed by atoms with E-state index >= 15 is 0 Å². The lowest BCUT2D eigenvalue weighted by Gasteiger charge is -2.18. The standard InChI is InChI=1S/C17H27N3O3S.HI/c1-18-17(20-11-13-6-5-9-24-13)19-10-12-7-8-14(21-2)16(23-4)15(12)22-3;/h7-8,13H,5-6,9-11H2,1-4H3,(H2,18,19,20);1H. The number of benzene rings is 1. The number of methoxy groups -OCH3 is 3. The van der Waals surface area contributed by atoms with E-state index < -0.39 is 0 Å². The van der Waals surface area contributed by atoms with Crippen molar-refractivity contribution in [3.05, 3.63) is 17.7 Å². The molecule has 1 heterocycles. The van der Waals surface area contributed by atoms with E-state index in [1.165, 1.54) is 18.6 Å². The molecule has 0 spiro atoms. The molecule has 8 heteroatoms. The minimum Gasteiger partial charge on any atom is -0.493 e. The highest BCUT2D eigenvalue weighted by atomic mass is 127. The number of aliphatic imine (C=N–C) groups is 1. The molecule has 1 unspecified atom stereocenters. The predicted molar refractivity (Wildman–Crippen MR) is 115 cm³/mol. The molecule has 1 saturated heterocycles. The van der Waals surface area contributed by atoms with Crippen molar-refractivity contribution in [2.45, 2.75) is 24.6 Å². The Bertz CT molecular complexity index is 566. The zero-order chi connectivity index (χ0) is 17.4. The minimum absolute atomic E-state index is 0. The second-order valence-corrected chi connectivity index (χ2v) is 6.84. The summed E-state index contributed by atoms with van der Waals surface area (Å²) in [4.78, 5) is 4.28. The lowest BCUT2D eigenvalue weighted by molar-refractivity contribution is 0.322. The number of nitrogens with one attached hydrogen (secondary N) is 2. The van der Waals surface area contributed by atoms with Gasteiger partial charge in [0.2, 0.25) is 5.75 Å². The number of ether oxygens (including phenoxy) is 3. The Kier molecular flexibility index (Phi) is 10.2. The Hall–Kier alpha value is -1.03.